The molecule has 2 aromatic rings. The second-order valence-corrected chi connectivity index (χ2v) is 3.19. The fraction of sp³-hybridized carbons (Fsp3) is 0.0909. The minimum atomic E-state index is 0.553. The zero-order chi connectivity index (χ0) is 9.97. The third-order valence-corrected chi connectivity index (χ3v) is 1.97. The van der Waals surface area contributed by atoms with Crippen LogP contribution in [0.4, 0.5) is 5.82 Å². The zero-order valence-electron chi connectivity index (χ0n) is 7.94. The van der Waals surface area contributed by atoms with Crippen molar-refractivity contribution < 1.29 is 0 Å². The fourth-order valence-electron chi connectivity index (χ4n) is 1.36. The van der Waals surface area contributed by atoms with Gasteiger partial charge < -0.3 is 5.73 Å². The molecule has 0 saturated carbocycles. The highest BCUT2D eigenvalue weighted by Crippen LogP contribution is 2.18. The van der Waals surface area contributed by atoms with Crippen LogP contribution in [0.1, 0.15) is 5.56 Å². The summed E-state index contributed by atoms with van der Waals surface area (Å²) in [6, 6.07) is 7.69. The molecule has 0 amide bonds. The van der Waals surface area contributed by atoms with Crippen molar-refractivity contribution in [1.29, 1.82) is 0 Å². The lowest BCUT2D eigenvalue weighted by atomic mass is 10.1. The number of anilines is 1. The Morgan fingerprint density at radius 3 is 2.50 bits per heavy atom. The molecular weight excluding hydrogens is 174 g/mol. The Morgan fingerprint density at radius 1 is 1.14 bits per heavy atom. The van der Waals surface area contributed by atoms with Gasteiger partial charge in [0.05, 0.1) is 5.69 Å². The molecule has 2 rings (SSSR count). The molecule has 0 aliphatic carbocycles. The first-order valence-corrected chi connectivity index (χ1v) is 4.40. The van der Waals surface area contributed by atoms with Crippen molar-refractivity contribution in [2.75, 3.05) is 5.73 Å². The number of nitrogen functional groups attached to an aromatic ring is 1. The molecular formula is C11H11N3. The minimum Gasteiger partial charge on any atom is -0.384 e. The molecule has 0 saturated heterocycles. The number of nitrogens with zero attached hydrogens (tertiary/aromatic N) is 2. The average Bonchev–Trinajstić information content (AvgIpc) is 2.18. The van der Waals surface area contributed by atoms with Gasteiger partial charge in [-0.25, -0.2) is 4.98 Å². The van der Waals surface area contributed by atoms with Crippen LogP contribution in [0, 0.1) is 6.92 Å². The van der Waals surface area contributed by atoms with Crippen LogP contribution in [-0.2, 0) is 0 Å². The van der Waals surface area contributed by atoms with Crippen molar-refractivity contribution in [2.45, 2.75) is 6.92 Å². The first-order chi connectivity index (χ1) is 6.75. The number of rotatable bonds is 1. The predicted octanol–water partition coefficient (Wildman–Crippen LogP) is 2.03. The standard InChI is InChI=1S/C11H11N3/c1-8-6-10(14-11(12)7-8)9-2-4-13-5-3-9/h2-7H,1H3,(H2,12,14). The summed E-state index contributed by atoms with van der Waals surface area (Å²) in [5.74, 6) is 0.553. The summed E-state index contributed by atoms with van der Waals surface area (Å²) in [5, 5.41) is 0. The van der Waals surface area contributed by atoms with E-state index in [1.54, 1.807) is 12.4 Å². The van der Waals surface area contributed by atoms with E-state index in [0.717, 1.165) is 16.8 Å². The van der Waals surface area contributed by atoms with Crippen molar-refractivity contribution >= 4 is 5.82 Å². The molecule has 0 atom stereocenters. The van der Waals surface area contributed by atoms with Crippen LogP contribution < -0.4 is 5.73 Å². The van der Waals surface area contributed by atoms with Crippen LogP contribution in [0.5, 0.6) is 0 Å². The second-order valence-electron chi connectivity index (χ2n) is 3.19. The van der Waals surface area contributed by atoms with Crippen molar-refractivity contribution in [2.24, 2.45) is 0 Å². The van der Waals surface area contributed by atoms with Crippen LogP contribution in [0.3, 0.4) is 0 Å². The van der Waals surface area contributed by atoms with Gasteiger partial charge in [0.1, 0.15) is 5.82 Å². The monoisotopic (exact) mass is 185 g/mol. The van der Waals surface area contributed by atoms with Gasteiger partial charge in [-0.2, -0.15) is 0 Å². The quantitative estimate of drug-likeness (QED) is 0.739. The second kappa shape index (κ2) is 3.46. The molecule has 0 radical (unpaired) electrons. The molecule has 3 nitrogen and oxygen atoms in total. The zero-order valence-corrected chi connectivity index (χ0v) is 7.94. The smallest absolute Gasteiger partial charge is 0.124 e. The summed E-state index contributed by atoms with van der Waals surface area (Å²) in [4.78, 5) is 8.21. The Kier molecular flexibility index (Phi) is 2.14. The molecule has 2 heterocycles. The minimum absolute atomic E-state index is 0.553. The van der Waals surface area contributed by atoms with Crippen molar-refractivity contribution in [3.05, 3.63) is 42.2 Å². The largest absolute Gasteiger partial charge is 0.384 e. The van der Waals surface area contributed by atoms with E-state index in [2.05, 4.69) is 9.97 Å². The Morgan fingerprint density at radius 2 is 1.86 bits per heavy atom. The highest BCUT2D eigenvalue weighted by molar-refractivity contribution is 5.61. The molecule has 70 valence electrons. The molecule has 0 fully saturated rings. The van der Waals surface area contributed by atoms with E-state index in [0.29, 0.717) is 5.82 Å². The molecule has 2 aromatic heterocycles. The third kappa shape index (κ3) is 1.71. The molecule has 0 unspecified atom stereocenters. The van der Waals surface area contributed by atoms with Gasteiger partial charge >= 0.3 is 0 Å². The number of aryl methyl sites for hydroxylation is 1. The fourth-order valence-corrected chi connectivity index (χ4v) is 1.36. The van der Waals surface area contributed by atoms with Gasteiger partial charge in [0.2, 0.25) is 0 Å². The highest BCUT2D eigenvalue weighted by Gasteiger charge is 2.00. The summed E-state index contributed by atoms with van der Waals surface area (Å²) in [6.07, 6.45) is 3.49. The predicted molar refractivity (Wildman–Crippen MR) is 56.6 cm³/mol. The Hall–Kier alpha value is -1.90. The van der Waals surface area contributed by atoms with E-state index in [-0.39, 0.29) is 0 Å². The molecule has 0 aliphatic rings. The maximum absolute atomic E-state index is 5.67. The van der Waals surface area contributed by atoms with Gasteiger partial charge in [-0.15, -0.1) is 0 Å². The van der Waals surface area contributed by atoms with E-state index in [1.807, 2.05) is 31.2 Å². The number of pyridine rings is 2. The first-order valence-electron chi connectivity index (χ1n) is 4.40. The van der Waals surface area contributed by atoms with Gasteiger partial charge in [0.15, 0.2) is 0 Å². The van der Waals surface area contributed by atoms with Crippen LogP contribution in [0.2, 0.25) is 0 Å². The summed E-state index contributed by atoms with van der Waals surface area (Å²) >= 11 is 0. The van der Waals surface area contributed by atoms with E-state index in [4.69, 9.17) is 5.73 Å². The van der Waals surface area contributed by atoms with Crippen LogP contribution in [0.25, 0.3) is 11.3 Å². The van der Waals surface area contributed by atoms with Gasteiger partial charge in [0.25, 0.3) is 0 Å². The Labute approximate surface area is 82.6 Å². The third-order valence-electron chi connectivity index (χ3n) is 1.97. The van der Waals surface area contributed by atoms with Gasteiger partial charge in [-0.3, -0.25) is 4.98 Å². The number of hydrogen-bond acceptors (Lipinski definition) is 3. The topological polar surface area (TPSA) is 51.8 Å². The number of hydrogen-bond donors (Lipinski definition) is 1. The van der Waals surface area contributed by atoms with E-state index < -0.39 is 0 Å². The van der Waals surface area contributed by atoms with E-state index >= 15 is 0 Å². The highest BCUT2D eigenvalue weighted by atomic mass is 14.8. The van der Waals surface area contributed by atoms with Crippen LogP contribution >= 0.6 is 0 Å². The number of aromatic nitrogens is 2. The maximum Gasteiger partial charge on any atom is 0.124 e. The lowest BCUT2D eigenvalue weighted by Gasteiger charge is -2.02. The van der Waals surface area contributed by atoms with Crippen LogP contribution in [-0.4, -0.2) is 9.97 Å². The molecule has 14 heavy (non-hydrogen) atoms. The lowest BCUT2D eigenvalue weighted by molar-refractivity contribution is 1.27. The Balaban J connectivity index is 2.52. The summed E-state index contributed by atoms with van der Waals surface area (Å²) in [7, 11) is 0. The summed E-state index contributed by atoms with van der Waals surface area (Å²) in [6.45, 7) is 2.00. The van der Waals surface area contributed by atoms with Crippen molar-refractivity contribution in [3.63, 3.8) is 0 Å². The van der Waals surface area contributed by atoms with Crippen molar-refractivity contribution in [1.82, 2.24) is 9.97 Å². The lowest BCUT2D eigenvalue weighted by Crippen LogP contribution is -1.93. The summed E-state index contributed by atoms with van der Waals surface area (Å²) in [5.41, 5.74) is 8.72. The molecule has 2 N–H and O–H groups in total. The summed E-state index contributed by atoms with van der Waals surface area (Å²) < 4.78 is 0. The normalized spacial score (nSPS) is 10.1. The van der Waals surface area contributed by atoms with Gasteiger partial charge in [-0.05, 0) is 36.8 Å². The van der Waals surface area contributed by atoms with Gasteiger partial charge in [-0.1, -0.05) is 0 Å². The molecule has 3 heteroatoms. The van der Waals surface area contributed by atoms with Crippen LogP contribution in [0.15, 0.2) is 36.7 Å². The molecule has 0 aliphatic heterocycles. The number of nitrogens with two attached hydrogens (primary N) is 1. The van der Waals surface area contributed by atoms with E-state index in [9.17, 15) is 0 Å². The maximum atomic E-state index is 5.67. The average molecular weight is 185 g/mol. The molecule has 0 bridgehead atoms. The van der Waals surface area contributed by atoms with Gasteiger partial charge in [0, 0.05) is 18.0 Å². The SMILES string of the molecule is Cc1cc(N)nc(-c2ccncc2)c1. The van der Waals surface area contributed by atoms with Crippen molar-refractivity contribution in [3.8, 4) is 11.3 Å². The molecule has 0 aromatic carbocycles. The Bertz CT molecular complexity index is 417. The first kappa shape index (κ1) is 8.69. The van der Waals surface area contributed by atoms with E-state index in [1.165, 1.54) is 0 Å². The molecule has 0 spiro atoms.